The van der Waals surface area contributed by atoms with E-state index in [9.17, 15) is 4.79 Å². The van der Waals surface area contributed by atoms with Crippen LogP contribution in [0.1, 0.15) is 23.1 Å². The Kier molecular flexibility index (Phi) is 4.51. The molecule has 4 heteroatoms. The van der Waals surface area contributed by atoms with Crippen LogP contribution in [0.15, 0.2) is 36.4 Å². The summed E-state index contributed by atoms with van der Waals surface area (Å²) in [5, 5.41) is 2.92. The maximum absolute atomic E-state index is 12.2. The number of aryl methyl sites for hydroxylation is 2. The van der Waals surface area contributed by atoms with Crippen molar-refractivity contribution in [2.24, 2.45) is 0 Å². The molecule has 1 aliphatic rings. The van der Waals surface area contributed by atoms with E-state index >= 15 is 0 Å². The first kappa shape index (κ1) is 15.4. The van der Waals surface area contributed by atoms with Crippen LogP contribution in [-0.4, -0.2) is 19.1 Å². The summed E-state index contributed by atoms with van der Waals surface area (Å²) in [4.78, 5) is 12.2. The van der Waals surface area contributed by atoms with Crippen LogP contribution in [0.5, 0.6) is 11.5 Å². The Bertz CT molecular complexity index is 725. The lowest BCUT2D eigenvalue weighted by molar-refractivity contribution is -0.115. The van der Waals surface area contributed by atoms with Crippen LogP contribution in [-0.2, 0) is 11.2 Å². The molecule has 0 aliphatic carbocycles. The highest BCUT2D eigenvalue weighted by Gasteiger charge is 2.12. The van der Waals surface area contributed by atoms with Crippen molar-refractivity contribution in [2.45, 2.75) is 26.7 Å². The number of rotatable bonds is 3. The van der Waals surface area contributed by atoms with Crippen LogP contribution in [0.2, 0.25) is 0 Å². The third-order valence-corrected chi connectivity index (χ3v) is 3.97. The summed E-state index contributed by atoms with van der Waals surface area (Å²) in [6.07, 6.45) is 1.22. The zero-order valence-electron chi connectivity index (χ0n) is 13.5. The van der Waals surface area contributed by atoms with Crippen LogP contribution in [0.3, 0.4) is 0 Å². The van der Waals surface area contributed by atoms with Crippen molar-refractivity contribution in [3.63, 3.8) is 0 Å². The molecule has 0 atom stereocenters. The smallest absolute Gasteiger partial charge is 0.228 e. The molecule has 1 amide bonds. The lowest BCUT2D eigenvalue weighted by atomic mass is 10.0. The lowest BCUT2D eigenvalue weighted by Gasteiger charge is -2.11. The molecule has 0 unspecified atom stereocenters. The van der Waals surface area contributed by atoms with E-state index in [0.29, 0.717) is 25.4 Å². The van der Waals surface area contributed by atoms with Gasteiger partial charge < -0.3 is 14.8 Å². The van der Waals surface area contributed by atoms with Crippen molar-refractivity contribution in [1.82, 2.24) is 0 Å². The molecule has 2 aromatic carbocycles. The number of carbonyl (C=O) groups excluding carboxylic acids is 1. The van der Waals surface area contributed by atoms with Crippen LogP contribution >= 0.6 is 0 Å². The molecule has 1 heterocycles. The SMILES string of the molecule is Cc1ccc(CC(=O)Nc2ccc3c(c2)OCCCO3)cc1C. The molecule has 0 spiro atoms. The maximum Gasteiger partial charge on any atom is 0.228 e. The highest BCUT2D eigenvalue weighted by atomic mass is 16.5. The van der Waals surface area contributed by atoms with Crippen molar-refractivity contribution in [2.75, 3.05) is 18.5 Å². The van der Waals surface area contributed by atoms with Crippen molar-refractivity contribution >= 4 is 11.6 Å². The first-order valence-electron chi connectivity index (χ1n) is 7.87. The molecule has 0 radical (unpaired) electrons. The quantitative estimate of drug-likeness (QED) is 0.941. The molecule has 23 heavy (non-hydrogen) atoms. The van der Waals surface area contributed by atoms with Crippen molar-refractivity contribution in [3.8, 4) is 11.5 Å². The van der Waals surface area contributed by atoms with Crippen LogP contribution in [0.4, 0.5) is 5.69 Å². The summed E-state index contributed by atoms with van der Waals surface area (Å²) in [7, 11) is 0. The Labute approximate surface area is 136 Å². The molecule has 0 bridgehead atoms. The molecular weight excluding hydrogens is 290 g/mol. The number of ether oxygens (including phenoxy) is 2. The van der Waals surface area contributed by atoms with E-state index in [2.05, 4.69) is 25.2 Å². The van der Waals surface area contributed by atoms with Gasteiger partial charge in [0.05, 0.1) is 19.6 Å². The van der Waals surface area contributed by atoms with Gasteiger partial charge in [0.25, 0.3) is 0 Å². The largest absolute Gasteiger partial charge is 0.490 e. The number of benzene rings is 2. The Balaban J connectivity index is 1.67. The van der Waals surface area contributed by atoms with Gasteiger partial charge in [-0.05, 0) is 42.7 Å². The predicted octanol–water partition coefficient (Wildman–Crippen LogP) is 3.65. The minimum Gasteiger partial charge on any atom is -0.490 e. The van der Waals surface area contributed by atoms with Crippen molar-refractivity contribution < 1.29 is 14.3 Å². The summed E-state index contributed by atoms with van der Waals surface area (Å²) >= 11 is 0. The van der Waals surface area contributed by atoms with E-state index in [1.165, 1.54) is 11.1 Å². The number of fused-ring (bicyclic) bond motifs is 1. The second kappa shape index (κ2) is 6.73. The molecule has 0 aromatic heterocycles. The number of hydrogen-bond acceptors (Lipinski definition) is 3. The van der Waals surface area contributed by atoms with Gasteiger partial charge in [0.15, 0.2) is 11.5 Å². The van der Waals surface area contributed by atoms with E-state index in [4.69, 9.17) is 9.47 Å². The topological polar surface area (TPSA) is 47.6 Å². The molecule has 4 nitrogen and oxygen atoms in total. The van der Waals surface area contributed by atoms with E-state index in [-0.39, 0.29) is 5.91 Å². The third-order valence-electron chi connectivity index (χ3n) is 3.97. The van der Waals surface area contributed by atoms with E-state index in [1.807, 2.05) is 30.3 Å². The lowest BCUT2D eigenvalue weighted by Crippen LogP contribution is -2.14. The summed E-state index contributed by atoms with van der Waals surface area (Å²) in [6, 6.07) is 11.6. The van der Waals surface area contributed by atoms with Gasteiger partial charge in [-0.25, -0.2) is 0 Å². The first-order chi connectivity index (χ1) is 11.1. The normalized spacial score (nSPS) is 13.3. The molecule has 120 valence electrons. The van der Waals surface area contributed by atoms with Gasteiger partial charge in [-0.1, -0.05) is 18.2 Å². The van der Waals surface area contributed by atoms with Crippen molar-refractivity contribution in [3.05, 3.63) is 53.1 Å². The van der Waals surface area contributed by atoms with Gasteiger partial charge in [0.1, 0.15) is 0 Å². The fraction of sp³-hybridized carbons (Fsp3) is 0.316. The second-order valence-corrected chi connectivity index (χ2v) is 5.86. The molecule has 1 aliphatic heterocycles. The van der Waals surface area contributed by atoms with E-state index in [0.717, 1.165) is 23.4 Å². The van der Waals surface area contributed by atoms with Crippen LogP contribution < -0.4 is 14.8 Å². The number of anilines is 1. The van der Waals surface area contributed by atoms with Crippen molar-refractivity contribution in [1.29, 1.82) is 0 Å². The fourth-order valence-electron chi connectivity index (χ4n) is 2.55. The molecule has 0 fully saturated rings. The van der Waals surface area contributed by atoms with Gasteiger partial charge in [-0.3, -0.25) is 4.79 Å². The number of nitrogens with one attached hydrogen (secondary N) is 1. The maximum atomic E-state index is 12.2. The van der Waals surface area contributed by atoms with Crippen LogP contribution in [0, 0.1) is 13.8 Å². The van der Waals surface area contributed by atoms with E-state index < -0.39 is 0 Å². The minimum absolute atomic E-state index is 0.0391. The van der Waals surface area contributed by atoms with Gasteiger partial charge in [-0.2, -0.15) is 0 Å². The average molecular weight is 311 g/mol. The Morgan fingerprint density at radius 1 is 1.00 bits per heavy atom. The van der Waals surface area contributed by atoms with Gasteiger partial charge >= 0.3 is 0 Å². The van der Waals surface area contributed by atoms with Crippen LogP contribution in [0.25, 0.3) is 0 Å². The summed E-state index contributed by atoms with van der Waals surface area (Å²) in [6.45, 7) is 5.41. The Morgan fingerprint density at radius 3 is 2.57 bits per heavy atom. The Hall–Kier alpha value is -2.49. The molecule has 3 rings (SSSR count). The van der Waals surface area contributed by atoms with Gasteiger partial charge in [0.2, 0.25) is 5.91 Å². The number of carbonyl (C=O) groups is 1. The number of amides is 1. The predicted molar refractivity (Wildman–Crippen MR) is 90.3 cm³/mol. The molecule has 0 saturated carbocycles. The minimum atomic E-state index is -0.0391. The first-order valence-corrected chi connectivity index (χ1v) is 7.87. The second-order valence-electron chi connectivity index (χ2n) is 5.86. The molecule has 0 saturated heterocycles. The average Bonchev–Trinajstić information content (AvgIpc) is 2.75. The summed E-state index contributed by atoms with van der Waals surface area (Å²) in [5.74, 6) is 1.38. The van der Waals surface area contributed by atoms with E-state index in [1.54, 1.807) is 0 Å². The summed E-state index contributed by atoms with van der Waals surface area (Å²) in [5.41, 5.74) is 4.17. The zero-order chi connectivity index (χ0) is 16.2. The van der Waals surface area contributed by atoms with Gasteiger partial charge in [0, 0.05) is 18.2 Å². The standard InChI is InChI=1S/C19H21NO3/c1-13-4-5-15(10-14(13)2)11-19(21)20-16-6-7-17-18(12-16)23-9-3-8-22-17/h4-7,10,12H,3,8-9,11H2,1-2H3,(H,20,21). The van der Waals surface area contributed by atoms with Gasteiger partial charge in [-0.15, -0.1) is 0 Å². The molecular formula is C19H21NO3. The number of hydrogen-bond donors (Lipinski definition) is 1. The zero-order valence-corrected chi connectivity index (χ0v) is 13.5. The third kappa shape index (κ3) is 3.83. The highest BCUT2D eigenvalue weighted by Crippen LogP contribution is 2.32. The molecule has 2 aromatic rings. The monoisotopic (exact) mass is 311 g/mol. The molecule has 1 N–H and O–H groups in total. The fourth-order valence-corrected chi connectivity index (χ4v) is 2.55. The highest BCUT2D eigenvalue weighted by molar-refractivity contribution is 5.92. The Morgan fingerprint density at radius 2 is 1.78 bits per heavy atom. The summed E-state index contributed by atoms with van der Waals surface area (Å²) < 4.78 is 11.2.